The average molecular weight is 823 g/mol. The number of allylic oxidation sites excluding steroid dienone is 2. The predicted octanol–water partition coefficient (Wildman–Crippen LogP) is 2.59. The molecule has 2 aliphatic heterocycles. The standard InChI is InChI=1S/C42H62O16/c1-36(2)23-8-11-41(7)31(21(43)16-19-20-17-38(4,35(52)53)13-12-37(20,3)14-15-40(19,41)6)39(23,5)10-9-24(36)55-34-30(27(47)26(46)28(56-34)32(48)49)58-42(54)18-22(44)25(45)29(57-42)33(50)51/h16,20,22-31,34,44-47,54H,8-15,17-18H2,1-7H3,(H,48,49)(H,50,51)(H,52,53)/t20-,22?,23-,24-,25-,26-,27?,28?,29?,30?,31+,34-,37+,38-,39-,40+,41+,42+/m0/s1. The maximum atomic E-state index is 14.8. The smallest absolute Gasteiger partial charge is 0.335 e. The fourth-order valence-corrected chi connectivity index (χ4v) is 13.4. The van der Waals surface area contributed by atoms with Crippen molar-refractivity contribution in [2.45, 2.75) is 174 Å². The first kappa shape index (κ1) is 43.5. The Kier molecular flexibility index (Phi) is 10.5. The number of rotatable bonds is 7. The van der Waals surface area contributed by atoms with Crippen LogP contribution in [0.25, 0.3) is 0 Å². The highest BCUT2D eigenvalue weighted by atomic mass is 16.8. The fourth-order valence-electron chi connectivity index (χ4n) is 13.4. The first-order chi connectivity index (χ1) is 26.7. The van der Waals surface area contributed by atoms with Crippen LogP contribution in [0.15, 0.2) is 11.6 Å². The molecule has 5 aliphatic carbocycles. The maximum Gasteiger partial charge on any atom is 0.335 e. The van der Waals surface area contributed by atoms with Crippen LogP contribution in [-0.2, 0) is 38.1 Å². The van der Waals surface area contributed by atoms with Gasteiger partial charge in [0, 0.05) is 5.92 Å². The van der Waals surface area contributed by atoms with Crippen molar-refractivity contribution in [1.29, 1.82) is 0 Å². The number of aliphatic carboxylic acids is 3. The van der Waals surface area contributed by atoms with Crippen molar-refractivity contribution >= 4 is 23.7 Å². The summed E-state index contributed by atoms with van der Waals surface area (Å²) in [5, 5.41) is 83.5. The van der Waals surface area contributed by atoms with E-state index in [-0.39, 0.29) is 34.4 Å². The molecule has 4 saturated carbocycles. The van der Waals surface area contributed by atoms with Gasteiger partial charge in [0.2, 0.25) is 0 Å². The van der Waals surface area contributed by atoms with Crippen LogP contribution in [0.3, 0.4) is 0 Å². The van der Waals surface area contributed by atoms with E-state index < -0.39 is 107 Å². The number of hydrogen-bond donors (Lipinski definition) is 8. The molecule has 2 heterocycles. The summed E-state index contributed by atoms with van der Waals surface area (Å²) < 4.78 is 23.1. The third-order valence-corrected chi connectivity index (χ3v) is 17.2. The molecule has 16 nitrogen and oxygen atoms in total. The number of hydrogen-bond acceptors (Lipinski definition) is 13. The van der Waals surface area contributed by atoms with E-state index in [0.717, 1.165) is 31.3 Å². The number of aliphatic hydroxyl groups excluding tert-OH is 4. The summed E-state index contributed by atoms with van der Waals surface area (Å²) in [5.74, 6) is -7.50. The van der Waals surface area contributed by atoms with Crippen LogP contribution < -0.4 is 0 Å². The van der Waals surface area contributed by atoms with E-state index in [1.165, 1.54) is 0 Å². The number of aliphatic hydroxyl groups is 5. The first-order valence-electron chi connectivity index (χ1n) is 20.7. The van der Waals surface area contributed by atoms with Crippen molar-refractivity contribution in [3.05, 3.63) is 11.6 Å². The SMILES string of the molecule is CC1(C)[C@@H](O[C@H]2OC(C(=O)O)[C@@H](O)C(O)C2O[C@@]2(O)CC(O)[C@H](O)C(C(=O)O)O2)CC[C@]2(C)[C@H]3C(=O)C=C4[C@@H]5C[C@@](C)(C(=O)O)CC[C@]5(C)CC[C@@]4(C)[C@]3(C)CC[C@@H]12. The van der Waals surface area contributed by atoms with Gasteiger partial charge < -0.3 is 59.8 Å². The minimum absolute atomic E-state index is 0.0245. The minimum atomic E-state index is -2.94. The average Bonchev–Trinajstić information content (AvgIpc) is 3.11. The first-order valence-corrected chi connectivity index (χ1v) is 20.7. The molecule has 326 valence electrons. The molecule has 0 aromatic heterocycles. The molecule has 6 fully saturated rings. The molecule has 2 saturated heterocycles. The second-order valence-corrected chi connectivity index (χ2v) is 20.7. The van der Waals surface area contributed by atoms with Crippen LogP contribution in [0.4, 0.5) is 0 Å². The summed E-state index contributed by atoms with van der Waals surface area (Å²) in [6.45, 7) is 14.8. The van der Waals surface area contributed by atoms with Crippen LogP contribution >= 0.6 is 0 Å². The Hall–Kier alpha value is -2.54. The lowest BCUT2D eigenvalue weighted by atomic mass is 9.33. The van der Waals surface area contributed by atoms with Crippen molar-refractivity contribution in [2.75, 3.05) is 0 Å². The molecule has 7 rings (SSSR count). The van der Waals surface area contributed by atoms with Crippen molar-refractivity contribution in [1.82, 2.24) is 0 Å². The van der Waals surface area contributed by atoms with Gasteiger partial charge in [-0.2, -0.15) is 0 Å². The zero-order chi connectivity index (χ0) is 42.9. The Morgan fingerprint density at radius 2 is 1.41 bits per heavy atom. The normalized spacial score (nSPS) is 52.6. The Balaban J connectivity index is 1.18. The molecule has 7 aliphatic rings. The van der Waals surface area contributed by atoms with Gasteiger partial charge in [-0.25, -0.2) is 9.59 Å². The van der Waals surface area contributed by atoms with Crippen molar-refractivity contribution in [3.63, 3.8) is 0 Å². The lowest BCUT2D eigenvalue weighted by Crippen LogP contribution is -2.68. The second-order valence-electron chi connectivity index (χ2n) is 20.7. The number of carbonyl (C=O) groups is 4. The molecule has 16 heteroatoms. The van der Waals surface area contributed by atoms with Crippen molar-refractivity contribution in [3.8, 4) is 0 Å². The quantitative estimate of drug-likeness (QED) is 0.135. The number of fused-ring (bicyclic) bond motifs is 7. The molecule has 8 N–H and O–H groups in total. The number of carboxylic acids is 3. The van der Waals surface area contributed by atoms with Gasteiger partial charge in [-0.15, -0.1) is 0 Å². The number of carbonyl (C=O) groups excluding carboxylic acids is 1. The lowest BCUT2D eigenvalue weighted by Gasteiger charge is -2.70. The molecular weight excluding hydrogens is 760 g/mol. The van der Waals surface area contributed by atoms with Crippen LogP contribution in [0.2, 0.25) is 0 Å². The highest BCUT2D eigenvalue weighted by molar-refractivity contribution is 5.95. The Morgan fingerprint density at radius 1 is 0.776 bits per heavy atom. The number of carboxylic acid groups (broad SMARTS) is 3. The highest BCUT2D eigenvalue weighted by Crippen LogP contribution is 2.75. The van der Waals surface area contributed by atoms with E-state index in [1.54, 1.807) is 0 Å². The summed E-state index contributed by atoms with van der Waals surface area (Å²) >= 11 is 0. The van der Waals surface area contributed by atoms with Gasteiger partial charge in [0.05, 0.1) is 24.0 Å². The van der Waals surface area contributed by atoms with E-state index in [2.05, 4.69) is 27.7 Å². The molecule has 0 spiro atoms. The van der Waals surface area contributed by atoms with Gasteiger partial charge in [0.1, 0.15) is 24.4 Å². The van der Waals surface area contributed by atoms with Gasteiger partial charge in [-0.3, -0.25) is 9.59 Å². The molecule has 0 bridgehead atoms. The van der Waals surface area contributed by atoms with Crippen molar-refractivity contribution in [2.24, 2.45) is 50.2 Å². The van der Waals surface area contributed by atoms with Gasteiger partial charge in [-0.05, 0) is 110 Å². The van der Waals surface area contributed by atoms with E-state index in [0.29, 0.717) is 32.1 Å². The second kappa shape index (κ2) is 14.0. The molecule has 0 amide bonds. The molecule has 0 radical (unpaired) electrons. The summed E-state index contributed by atoms with van der Waals surface area (Å²) in [5.41, 5.74) is -1.85. The van der Waals surface area contributed by atoms with E-state index in [1.807, 2.05) is 26.8 Å². The van der Waals surface area contributed by atoms with E-state index >= 15 is 0 Å². The molecule has 18 atom stereocenters. The predicted molar refractivity (Wildman–Crippen MR) is 199 cm³/mol. The van der Waals surface area contributed by atoms with Crippen LogP contribution in [-0.4, -0.2) is 126 Å². The third-order valence-electron chi connectivity index (χ3n) is 17.2. The fraction of sp³-hybridized carbons (Fsp3) is 0.857. The third kappa shape index (κ3) is 6.33. The summed E-state index contributed by atoms with van der Waals surface area (Å²) in [7, 11) is 0. The summed E-state index contributed by atoms with van der Waals surface area (Å²) in [6, 6.07) is 0. The van der Waals surface area contributed by atoms with Gasteiger partial charge in [0.15, 0.2) is 24.3 Å². The van der Waals surface area contributed by atoms with Gasteiger partial charge in [-0.1, -0.05) is 47.1 Å². The highest BCUT2D eigenvalue weighted by Gasteiger charge is 2.71. The maximum absolute atomic E-state index is 14.8. The minimum Gasteiger partial charge on any atom is -0.481 e. The molecule has 0 aromatic rings. The zero-order valence-electron chi connectivity index (χ0n) is 34.4. The topological polar surface area (TPSA) is 267 Å². The van der Waals surface area contributed by atoms with E-state index in [4.69, 9.17) is 18.9 Å². The molecular formula is C42H62O16. The van der Waals surface area contributed by atoms with Crippen LogP contribution in [0, 0.1) is 50.2 Å². The molecule has 0 aromatic carbocycles. The Morgan fingerprint density at radius 3 is 2.03 bits per heavy atom. The zero-order valence-corrected chi connectivity index (χ0v) is 34.4. The van der Waals surface area contributed by atoms with Gasteiger partial charge in [0.25, 0.3) is 5.97 Å². The summed E-state index contributed by atoms with van der Waals surface area (Å²) in [6.07, 6.45) is -9.31. The molecule has 5 unspecified atom stereocenters. The van der Waals surface area contributed by atoms with Crippen LogP contribution in [0.5, 0.6) is 0 Å². The summed E-state index contributed by atoms with van der Waals surface area (Å²) in [4.78, 5) is 51.3. The lowest BCUT2D eigenvalue weighted by molar-refractivity contribution is -0.449. The van der Waals surface area contributed by atoms with Crippen molar-refractivity contribution < 1.29 is 79.0 Å². The Labute approximate surface area is 337 Å². The number of ketones is 1. The number of ether oxygens (including phenoxy) is 4. The van der Waals surface area contributed by atoms with Crippen LogP contribution in [0.1, 0.15) is 113 Å². The van der Waals surface area contributed by atoms with Gasteiger partial charge >= 0.3 is 17.9 Å². The largest absolute Gasteiger partial charge is 0.481 e. The monoisotopic (exact) mass is 822 g/mol. The molecule has 58 heavy (non-hydrogen) atoms. The Bertz CT molecular complexity index is 1750. The van der Waals surface area contributed by atoms with E-state index in [9.17, 15) is 60.0 Å².